The van der Waals surface area contributed by atoms with E-state index in [1.54, 1.807) is 0 Å². The smallest absolute Gasteiger partial charge is 0.318 e. The average molecular weight is 404 g/mol. The van der Waals surface area contributed by atoms with Crippen LogP contribution in [0.25, 0.3) is 0 Å². The minimum absolute atomic E-state index is 0.0366. The molecule has 2 heterocycles. The second kappa shape index (κ2) is 7.98. The first-order chi connectivity index (χ1) is 13.7. The van der Waals surface area contributed by atoms with Crippen LogP contribution in [0.4, 0.5) is 17.6 Å². The van der Waals surface area contributed by atoms with E-state index in [-0.39, 0.29) is 23.2 Å². The lowest BCUT2D eigenvalue weighted by molar-refractivity contribution is -0.137. The van der Waals surface area contributed by atoms with Crippen LogP contribution in [0.2, 0.25) is 0 Å². The van der Waals surface area contributed by atoms with Gasteiger partial charge in [-0.15, -0.1) is 0 Å². The number of carbonyl (C=O) groups excluding carboxylic acids is 1. The number of carbonyl (C=O) groups is 1. The van der Waals surface area contributed by atoms with Crippen molar-refractivity contribution in [2.45, 2.75) is 18.5 Å². The maximum Gasteiger partial charge on any atom is 0.416 e. The zero-order valence-corrected chi connectivity index (χ0v) is 15.3. The molecule has 150 valence electrons. The number of pyridine rings is 2. The normalized spacial score (nSPS) is 12.6. The Morgan fingerprint density at radius 3 is 2.38 bits per heavy atom. The quantitative estimate of drug-likeness (QED) is 0.470. The Bertz CT molecular complexity index is 1090. The van der Waals surface area contributed by atoms with Crippen molar-refractivity contribution >= 4 is 5.78 Å². The highest BCUT2D eigenvalue weighted by Crippen LogP contribution is 2.33. The minimum atomic E-state index is -4.51. The summed E-state index contributed by atoms with van der Waals surface area (Å²) in [5.41, 5.74) is -0.609. The predicted molar refractivity (Wildman–Crippen MR) is 98.1 cm³/mol. The number of halogens is 4. The summed E-state index contributed by atoms with van der Waals surface area (Å²) in [6, 6.07) is 9.38. The molecule has 4 nitrogen and oxygen atoms in total. The van der Waals surface area contributed by atoms with Gasteiger partial charge >= 0.3 is 6.18 Å². The Kier molecular flexibility index (Phi) is 5.63. The summed E-state index contributed by atoms with van der Waals surface area (Å²) < 4.78 is 54.2. The van der Waals surface area contributed by atoms with Gasteiger partial charge in [0.05, 0.1) is 11.3 Å². The van der Waals surface area contributed by atoms with Crippen LogP contribution in [-0.4, -0.2) is 15.3 Å². The average Bonchev–Trinajstić information content (AvgIpc) is 2.68. The molecule has 0 saturated heterocycles. The first-order valence-electron chi connectivity index (χ1n) is 8.64. The highest BCUT2D eigenvalue weighted by atomic mass is 19.4. The zero-order valence-electron chi connectivity index (χ0n) is 15.3. The van der Waals surface area contributed by atoms with Crippen LogP contribution >= 0.6 is 0 Å². The molecular formula is C21H16F4N2O2. The summed E-state index contributed by atoms with van der Waals surface area (Å²) in [5, 5.41) is 0. The lowest BCUT2D eigenvalue weighted by Crippen LogP contribution is -2.18. The van der Waals surface area contributed by atoms with Crippen molar-refractivity contribution in [2.24, 2.45) is 7.05 Å². The van der Waals surface area contributed by atoms with Crippen LogP contribution in [0.1, 0.15) is 39.5 Å². The van der Waals surface area contributed by atoms with Crippen molar-refractivity contribution in [3.8, 4) is 0 Å². The molecule has 3 aromatic rings. The molecule has 0 N–H and O–H groups in total. The van der Waals surface area contributed by atoms with Crippen LogP contribution in [0.5, 0.6) is 0 Å². The fraction of sp³-hybridized carbons (Fsp3) is 0.190. The van der Waals surface area contributed by atoms with Crippen LogP contribution < -0.4 is 5.56 Å². The predicted octanol–water partition coefficient (Wildman–Crippen LogP) is 4.34. The summed E-state index contributed by atoms with van der Waals surface area (Å²) in [6.45, 7) is 0. The fourth-order valence-corrected chi connectivity index (χ4v) is 2.99. The second-order valence-electron chi connectivity index (χ2n) is 6.54. The Morgan fingerprint density at radius 2 is 1.79 bits per heavy atom. The molecule has 1 atom stereocenters. The number of alkyl halides is 3. The van der Waals surface area contributed by atoms with E-state index >= 15 is 0 Å². The van der Waals surface area contributed by atoms with Gasteiger partial charge < -0.3 is 4.57 Å². The van der Waals surface area contributed by atoms with E-state index in [0.717, 1.165) is 12.1 Å². The van der Waals surface area contributed by atoms with E-state index in [0.29, 0.717) is 5.56 Å². The summed E-state index contributed by atoms with van der Waals surface area (Å²) in [7, 11) is 1.49. The maximum absolute atomic E-state index is 14.4. The van der Waals surface area contributed by atoms with Crippen molar-refractivity contribution in [2.75, 3.05) is 0 Å². The highest BCUT2D eigenvalue weighted by molar-refractivity contribution is 5.96. The molecule has 0 bridgehead atoms. The van der Waals surface area contributed by atoms with Gasteiger partial charge in [0.25, 0.3) is 0 Å². The molecule has 0 unspecified atom stereocenters. The largest absolute Gasteiger partial charge is 0.416 e. The molecule has 2 aromatic heterocycles. The monoisotopic (exact) mass is 404 g/mol. The second-order valence-corrected chi connectivity index (χ2v) is 6.54. The van der Waals surface area contributed by atoms with Crippen molar-refractivity contribution in [1.29, 1.82) is 0 Å². The van der Waals surface area contributed by atoms with Crippen LogP contribution in [0.3, 0.4) is 0 Å². The highest BCUT2D eigenvalue weighted by Gasteiger charge is 2.31. The Morgan fingerprint density at radius 1 is 1.10 bits per heavy atom. The summed E-state index contributed by atoms with van der Waals surface area (Å²) in [4.78, 5) is 28.3. The SMILES string of the molecule is Cn1cc(C(=O)C[C@@H](c2ccc(C(F)(F)F)cc2)c2ncccc2F)ccc1=O. The van der Waals surface area contributed by atoms with Crippen molar-refractivity contribution < 1.29 is 22.4 Å². The van der Waals surface area contributed by atoms with E-state index in [1.165, 1.54) is 60.4 Å². The third kappa shape index (κ3) is 4.59. The molecule has 0 aliphatic carbocycles. The van der Waals surface area contributed by atoms with Gasteiger partial charge in [0.1, 0.15) is 5.82 Å². The van der Waals surface area contributed by atoms with Crippen molar-refractivity contribution in [1.82, 2.24) is 9.55 Å². The molecule has 0 aliphatic heterocycles. The van der Waals surface area contributed by atoms with Gasteiger partial charge in [-0.2, -0.15) is 13.2 Å². The van der Waals surface area contributed by atoms with Crippen LogP contribution in [0, 0.1) is 5.82 Å². The number of aryl methyl sites for hydroxylation is 1. The third-order valence-electron chi connectivity index (χ3n) is 4.55. The van der Waals surface area contributed by atoms with Gasteiger partial charge in [0.15, 0.2) is 5.78 Å². The number of aromatic nitrogens is 2. The summed E-state index contributed by atoms with van der Waals surface area (Å²) in [6.07, 6.45) is -2.01. The van der Waals surface area contributed by atoms with Crippen LogP contribution in [-0.2, 0) is 13.2 Å². The number of rotatable bonds is 5. The van der Waals surface area contributed by atoms with Crippen LogP contribution in [0.15, 0.2) is 65.7 Å². The Hall–Kier alpha value is -3.29. The van der Waals surface area contributed by atoms with Gasteiger partial charge in [0.2, 0.25) is 5.56 Å². The lowest BCUT2D eigenvalue weighted by Gasteiger charge is -2.18. The molecule has 3 rings (SSSR count). The van der Waals surface area contributed by atoms with Gasteiger partial charge in [-0.1, -0.05) is 12.1 Å². The Balaban J connectivity index is 2.00. The van der Waals surface area contributed by atoms with Gasteiger partial charge in [-0.3, -0.25) is 14.6 Å². The van der Waals surface area contributed by atoms with E-state index in [2.05, 4.69) is 4.98 Å². The summed E-state index contributed by atoms with van der Waals surface area (Å²) >= 11 is 0. The van der Waals surface area contributed by atoms with Crippen molar-refractivity contribution in [3.05, 3.63) is 99.5 Å². The number of ketones is 1. The molecule has 0 fully saturated rings. The van der Waals surface area contributed by atoms with E-state index in [1.807, 2.05) is 0 Å². The first-order valence-corrected chi connectivity index (χ1v) is 8.64. The number of nitrogens with zero attached hydrogens (tertiary/aromatic N) is 2. The Labute approximate surface area is 163 Å². The minimum Gasteiger partial charge on any atom is -0.318 e. The molecule has 29 heavy (non-hydrogen) atoms. The molecule has 0 saturated carbocycles. The summed E-state index contributed by atoms with van der Waals surface area (Å²) in [5.74, 6) is -1.94. The van der Waals surface area contributed by atoms with Gasteiger partial charge in [-0.25, -0.2) is 4.39 Å². The van der Waals surface area contributed by atoms with Gasteiger partial charge in [-0.05, 0) is 35.9 Å². The molecule has 0 aliphatic rings. The van der Waals surface area contributed by atoms with E-state index in [9.17, 15) is 27.2 Å². The standard InChI is InChI=1S/C21H16F4N2O2/c1-27-12-14(6-9-19(27)29)18(28)11-16(20-17(22)3-2-10-26-20)13-4-7-15(8-5-13)21(23,24)25/h2-10,12,16H,11H2,1H3/t16-/m0/s1. The number of benzene rings is 1. The third-order valence-corrected chi connectivity index (χ3v) is 4.55. The topological polar surface area (TPSA) is 52.0 Å². The fourth-order valence-electron chi connectivity index (χ4n) is 2.99. The van der Waals surface area contributed by atoms with Crippen molar-refractivity contribution in [3.63, 3.8) is 0 Å². The number of Topliss-reactive ketones (excluding diaryl/α,β-unsaturated/α-hetero) is 1. The van der Waals surface area contributed by atoms with E-state index in [4.69, 9.17) is 0 Å². The number of hydrogen-bond donors (Lipinski definition) is 0. The molecule has 1 aromatic carbocycles. The first kappa shape index (κ1) is 20.4. The van der Waals surface area contributed by atoms with Gasteiger partial charge in [0, 0.05) is 43.4 Å². The number of hydrogen-bond acceptors (Lipinski definition) is 3. The maximum atomic E-state index is 14.4. The lowest BCUT2D eigenvalue weighted by atomic mass is 9.88. The molecule has 0 amide bonds. The molecule has 8 heteroatoms. The zero-order chi connectivity index (χ0) is 21.2. The van der Waals surface area contributed by atoms with E-state index < -0.39 is 29.3 Å². The molecule has 0 spiro atoms. The molecule has 0 radical (unpaired) electrons. The molecular weight excluding hydrogens is 388 g/mol.